The van der Waals surface area contributed by atoms with Crippen molar-refractivity contribution in [1.82, 2.24) is 0 Å². The third-order valence-corrected chi connectivity index (χ3v) is 14.0. The van der Waals surface area contributed by atoms with Crippen molar-refractivity contribution >= 4 is 8.07 Å². The largest absolute Gasteiger partial charge is 0.0687 e. The molecule has 0 nitrogen and oxygen atoms in total. The van der Waals surface area contributed by atoms with Gasteiger partial charge in [0.15, 0.2) is 0 Å². The average Bonchev–Trinajstić information content (AvgIpc) is 2.37. The zero-order chi connectivity index (χ0) is 16.6. The standard InChI is InChI=1S/C21H42Si/c1-17(2)16-22(7,18-8-12-20(3,4)13-9-18)19-10-14-21(5,6)15-11-19/h17-19H,8-16H2,1-7H3. The number of hydrogen-bond donors (Lipinski definition) is 0. The molecule has 0 amide bonds. The first-order chi connectivity index (χ1) is 10.0. The molecule has 0 heterocycles. The summed E-state index contributed by atoms with van der Waals surface area (Å²) in [5.74, 6) is 0.904. The molecule has 2 aliphatic carbocycles. The lowest BCUT2D eigenvalue weighted by molar-refractivity contribution is 0.227. The van der Waals surface area contributed by atoms with Gasteiger partial charge in [0, 0.05) is 0 Å². The Bertz CT molecular complexity index is 318. The maximum atomic E-state index is 2.82. The fourth-order valence-corrected chi connectivity index (χ4v) is 12.0. The first-order valence-corrected chi connectivity index (χ1v) is 12.9. The average molecular weight is 323 g/mol. The van der Waals surface area contributed by atoms with Crippen LogP contribution in [-0.4, -0.2) is 8.07 Å². The van der Waals surface area contributed by atoms with E-state index in [1.807, 2.05) is 0 Å². The zero-order valence-electron chi connectivity index (χ0n) is 16.6. The molecule has 0 N–H and O–H groups in total. The second-order valence-electron chi connectivity index (χ2n) is 11.0. The van der Waals surface area contributed by atoms with Gasteiger partial charge in [-0.25, -0.2) is 0 Å². The molecule has 0 aromatic rings. The second kappa shape index (κ2) is 6.61. The Hall–Kier alpha value is 0.217. The van der Waals surface area contributed by atoms with Gasteiger partial charge in [-0.1, -0.05) is 79.8 Å². The van der Waals surface area contributed by atoms with Crippen LogP contribution in [0.15, 0.2) is 0 Å². The SMILES string of the molecule is CC(C)C[Si](C)(C1CCC(C)(C)CC1)C1CCC(C)(C)CC1. The summed E-state index contributed by atoms with van der Waals surface area (Å²) < 4.78 is 0. The van der Waals surface area contributed by atoms with Crippen LogP contribution in [0.1, 0.15) is 92.9 Å². The molecule has 0 bridgehead atoms. The highest BCUT2D eigenvalue weighted by atomic mass is 28.3. The zero-order valence-corrected chi connectivity index (χ0v) is 17.6. The van der Waals surface area contributed by atoms with E-state index in [1.54, 1.807) is 31.7 Å². The summed E-state index contributed by atoms with van der Waals surface area (Å²) in [5, 5.41) is 0. The summed E-state index contributed by atoms with van der Waals surface area (Å²) >= 11 is 0. The molecule has 2 fully saturated rings. The van der Waals surface area contributed by atoms with E-state index >= 15 is 0 Å². The first-order valence-electron chi connectivity index (χ1n) is 10.0. The Kier molecular flexibility index (Phi) is 5.58. The lowest BCUT2D eigenvalue weighted by Crippen LogP contribution is -2.46. The van der Waals surface area contributed by atoms with Gasteiger partial charge < -0.3 is 0 Å². The van der Waals surface area contributed by atoms with Crippen molar-refractivity contribution in [3.05, 3.63) is 0 Å². The van der Waals surface area contributed by atoms with Crippen LogP contribution in [-0.2, 0) is 0 Å². The summed E-state index contributed by atoms with van der Waals surface area (Å²) in [6.07, 6.45) is 12.1. The fourth-order valence-electron chi connectivity index (χ4n) is 5.66. The third kappa shape index (κ3) is 4.39. The highest BCUT2D eigenvalue weighted by Crippen LogP contribution is 2.55. The normalized spacial score (nSPS) is 27.3. The summed E-state index contributed by atoms with van der Waals surface area (Å²) in [6, 6.07) is 1.59. The monoisotopic (exact) mass is 322 g/mol. The quantitative estimate of drug-likeness (QED) is 0.466. The van der Waals surface area contributed by atoms with Crippen molar-refractivity contribution in [2.45, 2.75) is 117 Å². The topological polar surface area (TPSA) is 0 Å². The number of hydrogen-bond acceptors (Lipinski definition) is 0. The van der Waals surface area contributed by atoms with Gasteiger partial charge in [-0.3, -0.25) is 0 Å². The molecule has 0 saturated heterocycles. The molecule has 0 aromatic carbocycles. The molecule has 0 spiro atoms. The van der Waals surface area contributed by atoms with Crippen molar-refractivity contribution in [3.63, 3.8) is 0 Å². The summed E-state index contributed by atoms with van der Waals surface area (Å²) in [6.45, 7) is 17.7. The predicted molar refractivity (Wildman–Crippen MR) is 103 cm³/mol. The van der Waals surface area contributed by atoms with E-state index in [0.717, 1.165) is 17.0 Å². The van der Waals surface area contributed by atoms with Gasteiger partial charge >= 0.3 is 0 Å². The molecule has 0 unspecified atom stereocenters. The van der Waals surface area contributed by atoms with E-state index in [9.17, 15) is 0 Å². The summed E-state index contributed by atoms with van der Waals surface area (Å²) in [5.41, 5.74) is 3.49. The molecule has 2 aliphatic rings. The van der Waals surface area contributed by atoms with E-state index in [0.29, 0.717) is 10.8 Å². The molecule has 1 heteroatoms. The Balaban J connectivity index is 2.11. The van der Waals surface area contributed by atoms with Crippen LogP contribution in [0.4, 0.5) is 0 Å². The minimum Gasteiger partial charge on any atom is -0.0687 e. The van der Waals surface area contributed by atoms with Gasteiger partial charge in [0.1, 0.15) is 0 Å². The van der Waals surface area contributed by atoms with Crippen LogP contribution in [0.5, 0.6) is 0 Å². The van der Waals surface area contributed by atoms with Crippen molar-refractivity contribution in [1.29, 1.82) is 0 Å². The van der Waals surface area contributed by atoms with Gasteiger partial charge in [-0.2, -0.15) is 0 Å². The van der Waals surface area contributed by atoms with Crippen molar-refractivity contribution in [2.75, 3.05) is 0 Å². The van der Waals surface area contributed by atoms with E-state index < -0.39 is 8.07 Å². The Morgan fingerprint density at radius 3 is 1.36 bits per heavy atom. The van der Waals surface area contributed by atoms with Crippen LogP contribution in [0.2, 0.25) is 23.7 Å². The smallest absolute Gasteiger partial charge is 0.0569 e. The van der Waals surface area contributed by atoms with Crippen molar-refractivity contribution in [2.24, 2.45) is 16.7 Å². The second-order valence-corrected chi connectivity index (χ2v) is 16.0. The van der Waals surface area contributed by atoms with Gasteiger partial charge in [-0.15, -0.1) is 0 Å². The minimum absolute atomic E-state index is 0.623. The highest BCUT2D eigenvalue weighted by molar-refractivity contribution is 6.81. The van der Waals surface area contributed by atoms with E-state index in [1.165, 1.54) is 25.7 Å². The van der Waals surface area contributed by atoms with Crippen LogP contribution in [0.25, 0.3) is 0 Å². The predicted octanol–water partition coefficient (Wildman–Crippen LogP) is 7.66. The Labute approximate surface area is 141 Å². The molecule has 0 radical (unpaired) electrons. The van der Waals surface area contributed by atoms with Crippen LogP contribution < -0.4 is 0 Å². The molecule has 0 aliphatic heterocycles. The van der Waals surface area contributed by atoms with Crippen molar-refractivity contribution in [3.8, 4) is 0 Å². The molecule has 2 saturated carbocycles. The third-order valence-electron chi connectivity index (χ3n) is 7.39. The fraction of sp³-hybridized carbons (Fsp3) is 1.00. The van der Waals surface area contributed by atoms with Crippen LogP contribution >= 0.6 is 0 Å². The summed E-state index contributed by atoms with van der Waals surface area (Å²) in [7, 11) is -1.14. The molecule has 0 atom stereocenters. The molecular formula is C21H42Si. The van der Waals surface area contributed by atoms with E-state index in [-0.39, 0.29) is 0 Å². The number of rotatable bonds is 4. The molecular weight excluding hydrogens is 280 g/mol. The maximum absolute atomic E-state index is 2.82. The molecule has 22 heavy (non-hydrogen) atoms. The Morgan fingerprint density at radius 1 is 0.773 bits per heavy atom. The van der Waals surface area contributed by atoms with Gasteiger partial charge in [-0.05, 0) is 53.5 Å². The maximum Gasteiger partial charge on any atom is 0.0569 e. The van der Waals surface area contributed by atoms with Gasteiger partial charge in [0.2, 0.25) is 0 Å². The molecule has 2 rings (SSSR count). The lowest BCUT2D eigenvalue weighted by atomic mass is 9.77. The highest BCUT2D eigenvalue weighted by Gasteiger charge is 2.47. The van der Waals surface area contributed by atoms with E-state index in [4.69, 9.17) is 0 Å². The minimum atomic E-state index is -1.14. The van der Waals surface area contributed by atoms with E-state index in [2.05, 4.69) is 48.1 Å². The summed E-state index contributed by atoms with van der Waals surface area (Å²) in [4.78, 5) is 0. The molecule has 130 valence electrons. The lowest BCUT2D eigenvalue weighted by Gasteiger charge is -2.50. The van der Waals surface area contributed by atoms with Crippen LogP contribution in [0, 0.1) is 16.7 Å². The molecule has 0 aromatic heterocycles. The van der Waals surface area contributed by atoms with Crippen LogP contribution in [0.3, 0.4) is 0 Å². The van der Waals surface area contributed by atoms with Gasteiger partial charge in [0.05, 0.1) is 8.07 Å². The van der Waals surface area contributed by atoms with Gasteiger partial charge in [0.25, 0.3) is 0 Å². The Morgan fingerprint density at radius 2 is 1.09 bits per heavy atom. The van der Waals surface area contributed by atoms with Crippen molar-refractivity contribution < 1.29 is 0 Å². The first kappa shape index (κ1) is 18.6.